The Bertz CT molecular complexity index is 1880. The van der Waals surface area contributed by atoms with E-state index in [1.165, 1.54) is 24.5 Å². The van der Waals surface area contributed by atoms with Crippen LogP contribution < -0.4 is 24.4 Å². The molecule has 0 unspecified atom stereocenters. The molecule has 42 heavy (non-hydrogen) atoms. The first kappa shape index (κ1) is 29.5. The monoisotopic (exact) mass is 650 g/mol. The third-order valence-corrected chi connectivity index (χ3v) is 8.36. The Labute approximate surface area is 254 Å². The van der Waals surface area contributed by atoms with Gasteiger partial charge in [-0.15, -0.1) is 0 Å². The number of nitrogens with zero attached hydrogens (tertiary/aromatic N) is 2. The average Bonchev–Trinajstić information content (AvgIpc) is 3.26. The zero-order chi connectivity index (χ0) is 30.0. The summed E-state index contributed by atoms with van der Waals surface area (Å²) in [4.78, 5) is 32.1. The minimum Gasteiger partial charge on any atom is -0.493 e. The molecule has 0 amide bonds. The standard InChI is InChI=1S/C32H28BrFN2O5S/c1-5-40-31(38)27-19(3)35-32-36(28(27)21-12-10-18(2)11-13-21)30(37)26(42-32)16-20-14-23(33)29(25(15-20)39-4)41-17-22-8-6-7-9-24(22)34/h6-16,28H,5,17H2,1-4H3/b26-16+/t28-/m0/s1. The normalized spacial score (nSPS) is 14.8. The highest BCUT2D eigenvalue weighted by atomic mass is 79.9. The lowest BCUT2D eigenvalue weighted by Gasteiger charge is -2.24. The number of methoxy groups -OCH3 is 1. The Morgan fingerprint density at radius 1 is 1.14 bits per heavy atom. The third-order valence-electron chi connectivity index (χ3n) is 6.79. The van der Waals surface area contributed by atoms with Crippen LogP contribution in [0.1, 0.15) is 42.1 Å². The number of benzene rings is 3. The van der Waals surface area contributed by atoms with Crippen molar-refractivity contribution in [1.29, 1.82) is 0 Å². The van der Waals surface area contributed by atoms with E-state index in [1.54, 1.807) is 54.8 Å². The maximum absolute atomic E-state index is 14.1. The zero-order valence-corrected chi connectivity index (χ0v) is 25.8. The van der Waals surface area contributed by atoms with Gasteiger partial charge in [-0.1, -0.05) is 59.4 Å². The van der Waals surface area contributed by atoms with Gasteiger partial charge in [-0.2, -0.15) is 0 Å². The number of carbonyl (C=O) groups is 1. The van der Waals surface area contributed by atoms with Gasteiger partial charge < -0.3 is 14.2 Å². The topological polar surface area (TPSA) is 79.1 Å². The third kappa shape index (κ3) is 5.82. The van der Waals surface area contributed by atoms with Gasteiger partial charge in [0.1, 0.15) is 12.4 Å². The lowest BCUT2D eigenvalue weighted by atomic mass is 9.95. The molecule has 0 bridgehead atoms. The molecule has 0 aliphatic carbocycles. The van der Waals surface area contributed by atoms with Crippen LogP contribution >= 0.6 is 27.3 Å². The van der Waals surface area contributed by atoms with Crippen molar-refractivity contribution in [1.82, 2.24) is 4.57 Å². The number of hydrogen-bond acceptors (Lipinski definition) is 7. The fraction of sp³-hybridized carbons (Fsp3) is 0.219. The van der Waals surface area contributed by atoms with Crippen LogP contribution in [0.25, 0.3) is 6.08 Å². The van der Waals surface area contributed by atoms with E-state index in [1.807, 2.05) is 31.2 Å². The zero-order valence-electron chi connectivity index (χ0n) is 23.4. The minimum absolute atomic E-state index is 0.0146. The predicted molar refractivity (Wildman–Crippen MR) is 163 cm³/mol. The van der Waals surface area contributed by atoms with E-state index < -0.39 is 12.0 Å². The van der Waals surface area contributed by atoms with Crippen molar-refractivity contribution < 1.29 is 23.4 Å². The SMILES string of the molecule is CCOC(=O)C1=C(C)N=c2s/c(=C/c3cc(Br)c(OCc4ccccc4F)c(OC)c3)c(=O)n2[C@H]1c1ccc(C)cc1. The predicted octanol–water partition coefficient (Wildman–Crippen LogP) is 5.60. The number of hydrogen-bond donors (Lipinski definition) is 0. The molecule has 0 spiro atoms. The largest absolute Gasteiger partial charge is 0.493 e. The van der Waals surface area contributed by atoms with Gasteiger partial charge in [0.2, 0.25) is 0 Å². The highest BCUT2D eigenvalue weighted by Crippen LogP contribution is 2.37. The number of esters is 1. The quantitative estimate of drug-likeness (QED) is 0.232. The number of rotatable bonds is 8. The smallest absolute Gasteiger partial charge is 0.338 e. The lowest BCUT2D eigenvalue weighted by Crippen LogP contribution is -2.39. The number of thiazole rings is 1. The van der Waals surface area contributed by atoms with Gasteiger partial charge in [0.15, 0.2) is 16.3 Å². The molecule has 0 saturated heterocycles. The number of carbonyl (C=O) groups excluding carboxylic acids is 1. The Morgan fingerprint density at radius 3 is 2.57 bits per heavy atom. The Kier molecular flexibility index (Phi) is 8.74. The number of halogens is 2. The molecule has 2 heterocycles. The molecule has 1 atom stereocenters. The number of ether oxygens (including phenoxy) is 3. The maximum Gasteiger partial charge on any atom is 0.338 e. The Morgan fingerprint density at radius 2 is 1.88 bits per heavy atom. The molecule has 0 fully saturated rings. The number of fused-ring (bicyclic) bond motifs is 1. The van der Waals surface area contributed by atoms with Crippen LogP contribution in [-0.4, -0.2) is 24.3 Å². The van der Waals surface area contributed by atoms with Crippen molar-refractivity contribution in [3.63, 3.8) is 0 Å². The molecule has 7 nitrogen and oxygen atoms in total. The average molecular weight is 652 g/mol. The van der Waals surface area contributed by atoms with Gasteiger partial charge in [0.05, 0.1) is 40.0 Å². The van der Waals surface area contributed by atoms with Gasteiger partial charge in [-0.25, -0.2) is 14.2 Å². The molecule has 1 aliphatic heterocycles. The molecular weight excluding hydrogens is 623 g/mol. The summed E-state index contributed by atoms with van der Waals surface area (Å²) in [6.45, 7) is 5.70. The van der Waals surface area contributed by atoms with Crippen LogP contribution in [0, 0.1) is 12.7 Å². The van der Waals surface area contributed by atoms with E-state index in [9.17, 15) is 14.0 Å². The summed E-state index contributed by atoms with van der Waals surface area (Å²) in [6.07, 6.45) is 1.74. The van der Waals surface area contributed by atoms with Crippen molar-refractivity contribution in [2.75, 3.05) is 13.7 Å². The highest BCUT2D eigenvalue weighted by Gasteiger charge is 2.33. The van der Waals surface area contributed by atoms with Crippen molar-refractivity contribution in [2.24, 2.45) is 4.99 Å². The van der Waals surface area contributed by atoms with Crippen LogP contribution in [-0.2, 0) is 16.1 Å². The van der Waals surface area contributed by atoms with Crippen molar-refractivity contribution >= 4 is 39.3 Å². The number of allylic oxidation sites excluding steroid dienone is 1. The number of aromatic nitrogens is 1. The molecule has 1 aliphatic rings. The van der Waals surface area contributed by atoms with Crippen LogP contribution in [0.4, 0.5) is 4.39 Å². The maximum atomic E-state index is 14.1. The van der Waals surface area contributed by atoms with Crippen LogP contribution in [0.5, 0.6) is 11.5 Å². The lowest BCUT2D eigenvalue weighted by molar-refractivity contribution is -0.139. The fourth-order valence-electron chi connectivity index (χ4n) is 4.74. The molecule has 0 N–H and O–H groups in total. The first-order valence-electron chi connectivity index (χ1n) is 13.2. The summed E-state index contributed by atoms with van der Waals surface area (Å²) in [7, 11) is 1.51. The van der Waals surface area contributed by atoms with Crippen molar-refractivity contribution in [3.05, 3.63) is 124 Å². The highest BCUT2D eigenvalue weighted by molar-refractivity contribution is 9.10. The molecular formula is C32H28BrFN2O5S. The van der Waals surface area contributed by atoms with Gasteiger partial charge in [0, 0.05) is 5.56 Å². The summed E-state index contributed by atoms with van der Waals surface area (Å²) in [6, 6.07) is 17.0. The van der Waals surface area contributed by atoms with Gasteiger partial charge in [-0.05, 0) is 72.1 Å². The summed E-state index contributed by atoms with van der Waals surface area (Å²) < 4.78 is 33.5. The molecule has 3 aromatic carbocycles. The van der Waals surface area contributed by atoms with E-state index in [4.69, 9.17) is 14.2 Å². The van der Waals surface area contributed by atoms with E-state index in [0.29, 0.717) is 47.7 Å². The fourth-order valence-corrected chi connectivity index (χ4v) is 6.36. The molecule has 216 valence electrons. The van der Waals surface area contributed by atoms with Crippen molar-refractivity contribution in [2.45, 2.75) is 33.4 Å². The first-order chi connectivity index (χ1) is 20.2. The van der Waals surface area contributed by atoms with Crippen LogP contribution in [0.15, 0.2) is 86.2 Å². The van der Waals surface area contributed by atoms with Crippen LogP contribution in [0.3, 0.4) is 0 Å². The number of aryl methyl sites for hydroxylation is 1. The summed E-state index contributed by atoms with van der Waals surface area (Å²) in [5.74, 6) is -0.0331. The second-order valence-corrected chi connectivity index (χ2v) is 11.5. The van der Waals surface area contributed by atoms with E-state index in [0.717, 1.165) is 11.1 Å². The molecule has 10 heteroatoms. The van der Waals surface area contributed by atoms with Crippen LogP contribution in [0.2, 0.25) is 0 Å². The minimum atomic E-state index is -0.682. The van der Waals surface area contributed by atoms with E-state index in [2.05, 4.69) is 20.9 Å². The second kappa shape index (κ2) is 12.5. The van der Waals surface area contributed by atoms with E-state index >= 15 is 0 Å². The summed E-state index contributed by atoms with van der Waals surface area (Å²) in [5.41, 5.74) is 3.49. The molecule has 1 aromatic heterocycles. The van der Waals surface area contributed by atoms with Gasteiger partial charge in [0.25, 0.3) is 5.56 Å². The van der Waals surface area contributed by atoms with E-state index in [-0.39, 0.29) is 24.6 Å². The Hall–Kier alpha value is -4.02. The van der Waals surface area contributed by atoms with Gasteiger partial charge >= 0.3 is 5.97 Å². The molecule has 0 radical (unpaired) electrons. The van der Waals surface area contributed by atoms with Gasteiger partial charge in [-0.3, -0.25) is 9.36 Å². The first-order valence-corrected chi connectivity index (χ1v) is 14.8. The Balaban J connectivity index is 1.58. The molecule has 4 aromatic rings. The second-order valence-electron chi connectivity index (χ2n) is 9.63. The molecule has 5 rings (SSSR count). The molecule has 0 saturated carbocycles. The van der Waals surface area contributed by atoms with Crippen molar-refractivity contribution in [3.8, 4) is 11.5 Å². The summed E-state index contributed by atoms with van der Waals surface area (Å²) >= 11 is 4.77. The summed E-state index contributed by atoms with van der Waals surface area (Å²) in [5, 5.41) is 0.